The molecule has 4 heteroatoms. The lowest BCUT2D eigenvalue weighted by Crippen LogP contribution is -2.33. The molecule has 0 saturated carbocycles. The lowest BCUT2D eigenvalue weighted by Gasteiger charge is -2.24. The summed E-state index contributed by atoms with van der Waals surface area (Å²) in [6, 6.07) is 11.0. The number of hydrogen-bond acceptors (Lipinski definition) is 2. The molecule has 0 spiro atoms. The number of hydrogen-bond donors (Lipinski definition) is 1. The smallest absolute Gasteiger partial charge is 0.177 e. The van der Waals surface area contributed by atoms with Crippen molar-refractivity contribution in [1.29, 1.82) is 0 Å². The summed E-state index contributed by atoms with van der Waals surface area (Å²) >= 11 is 5.45. The van der Waals surface area contributed by atoms with E-state index in [9.17, 15) is 0 Å². The number of likely N-dealkylation sites (tertiary alicyclic amines) is 1. The molecule has 0 aliphatic carbocycles. The van der Waals surface area contributed by atoms with Crippen molar-refractivity contribution in [3.8, 4) is 11.3 Å². The molecule has 1 aliphatic heterocycles. The van der Waals surface area contributed by atoms with E-state index in [1.54, 1.807) is 0 Å². The van der Waals surface area contributed by atoms with Crippen molar-refractivity contribution in [2.24, 2.45) is 0 Å². The Labute approximate surface area is 125 Å². The molecule has 1 atom stereocenters. The van der Waals surface area contributed by atoms with Crippen LogP contribution in [0.2, 0.25) is 0 Å². The molecule has 1 N–H and O–H groups in total. The van der Waals surface area contributed by atoms with Gasteiger partial charge in [-0.05, 0) is 50.6 Å². The Bertz CT molecular complexity index is 608. The summed E-state index contributed by atoms with van der Waals surface area (Å²) in [6.07, 6.45) is 4.68. The molecule has 1 aliphatic rings. The predicted octanol–water partition coefficient (Wildman–Crippen LogP) is 3.70. The summed E-state index contributed by atoms with van der Waals surface area (Å²) in [5, 5.41) is 0. The normalized spacial score (nSPS) is 17.4. The van der Waals surface area contributed by atoms with E-state index in [4.69, 9.17) is 12.2 Å². The van der Waals surface area contributed by atoms with Gasteiger partial charge in [0.25, 0.3) is 0 Å². The number of nitrogens with zero attached hydrogens (tertiary/aromatic N) is 2. The standard InChI is InChI=1S/C16H21N3S/c1-13(18-9-5-6-10-18)12-19-15(11-17-16(19)20)14-7-3-2-4-8-14/h2-4,7-8,11,13H,5-6,9-10,12H2,1H3,(H,17,20). The van der Waals surface area contributed by atoms with Crippen LogP contribution in [0.15, 0.2) is 36.5 Å². The maximum atomic E-state index is 5.45. The SMILES string of the molecule is CC(Cn1c(-c2ccccc2)c[nH]c1=S)N1CCCC1. The number of aromatic nitrogens is 2. The van der Waals surface area contributed by atoms with Crippen LogP contribution in [0.5, 0.6) is 0 Å². The van der Waals surface area contributed by atoms with E-state index in [0.717, 1.165) is 11.3 Å². The number of nitrogens with one attached hydrogen (secondary N) is 1. The topological polar surface area (TPSA) is 24.0 Å². The minimum atomic E-state index is 0.530. The average molecular weight is 287 g/mol. The first-order valence-corrected chi connectivity index (χ1v) is 7.74. The summed E-state index contributed by atoms with van der Waals surface area (Å²) in [5.74, 6) is 0. The quantitative estimate of drug-likeness (QED) is 0.867. The average Bonchev–Trinajstić information content (AvgIpc) is 3.11. The van der Waals surface area contributed by atoms with Gasteiger partial charge in [0.1, 0.15) is 0 Å². The van der Waals surface area contributed by atoms with Gasteiger partial charge in [-0.15, -0.1) is 0 Å². The van der Waals surface area contributed by atoms with Gasteiger partial charge >= 0.3 is 0 Å². The van der Waals surface area contributed by atoms with Crippen LogP contribution in [0, 0.1) is 4.77 Å². The van der Waals surface area contributed by atoms with Gasteiger partial charge in [-0.3, -0.25) is 4.90 Å². The first kappa shape index (κ1) is 13.6. The Morgan fingerprint density at radius 2 is 1.90 bits per heavy atom. The van der Waals surface area contributed by atoms with Crippen molar-refractivity contribution in [3.63, 3.8) is 0 Å². The molecule has 3 rings (SSSR count). The van der Waals surface area contributed by atoms with Gasteiger partial charge in [-0.25, -0.2) is 0 Å². The number of benzene rings is 1. The van der Waals surface area contributed by atoms with Crippen molar-refractivity contribution in [2.45, 2.75) is 32.4 Å². The molecule has 1 aromatic heterocycles. The van der Waals surface area contributed by atoms with Gasteiger partial charge in [-0.1, -0.05) is 30.3 Å². The molecule has 0 amide bonds. The summed E-state index contributed by atoms with van der Waals surface area (Å²) in [5.41, 5.74) is 2.40. The summed E-state index contributed by atoms with van der Waals surface area (Å²) < 4.78 is 3.04. The third kappa shape index (κ3) is 2.72. The van der Waals surface area contributed by atoms with Gasteiger partial charge in [0.2, 0.25) is 0 Å². The minimum absolute atomic E-state index is 0.530. The molecule has 2 aromatic rings. The second-order valence-electron chi connectivity index (χ2n) is 5.55. The fourth-order valence-electron chi connectivity index (χ4n) is 2.99. The van der Waals surface area contributed by atoms with Crippen LogP contribution in [-0.4, -0.2) is 33.6 Å². The monoisotopic (exact) mass is 287 g/mol. The minimum Gasteiger partial charge on any atom is -0.337 e. The van der Waals surface area contributed by atoms with Gasteiger partial charge in [0.05, 0.1) is 5.69 Å². The maximum Gasteiger partial charge on any atom is 0.177 e. The van der Waals surface area contributed by atoms with Crippen molar-refractivity contribution in [3.05, 3.63) is 41.3 Å². The van der Waals surface area contributed by atoms with E-state index in [1.807, 2.05) is 12.3 Å². The fourth-order valence-corrected chi connectivity index (χ4v) is 3.22. The van der Waals surface area contributed by atoms with E-state index in [1.165, 1.54) is 37.2 Å². The summed E-state index contributed by atoms with van der Waals surface area (Å²) in [4.78, 5) is 5.75. The van der Waals surface area contributed by atoms with Crippen molar-refractivity contribution >= 4 is 12.2 Å². The highest BCUT2D eigenvalue weighted by Gasteiger charge is 2.19. The van der Waals surface area contributed by atoms with Crippen LogP contribution >= 0.6 is 12.2 Å². The van der Waals surface area contributed by atoms with E-state index in [-0.39, 0.29) is 0 Å². The van der Waals surface area contributed by atoms with Crippen molar-refractivity contribution in [2.75, 3.05) is 13.1 Å². The van der Waals surface area contributed by atoms with Crippen LogP contribution < -0.4 is 0 Å². The van der Waals surface area contributed by atoms with E-state index in [0.29, 0.717) is 6.04 Å². The molecule has 20 heavy (non-hydrogen) atoms. The van der Waals surface area contributed by atoms with Crippen LogP contribution in [0.25, 0.3) is 11.3 Å². The van der Waals surface area contributed by atoms with Gasteiger partial charge in [-0.2, -0.15) is 0 Å². The largest absolute Gasteiger partial charge is 0.337 e. The molecule has 1 fully saturated rings. The highest BCUT2D eigenvalue weighted by Crippen LogP contribution is 2.21. The highest BCUT2D eigenvalue weighted by atomic mass is 32.1. The van der Waals surface area contributed by atoms with E-state index < -0.39 is 0 Å². The molecule has 2 heterocycles. The van der Waals surface area contributed by atoms with Crippen LogP contribution in [0.3, 0.4) is 0 Å². The van der Waals surface area contributed by atoms with Crippen LogP contribution in [0.1, 0.15) is 19.8 Å². The highest BCUT2D eigenvalue weighted by molar-refractivity contribution is 7.71. The lowest BCUT2D eigenvalue weighted by molar-refractivity contribution is 0.236. The third-order valence-corrected chi connectivity index (χ3v) is 4.49. The Hall–Kier alpha value is -1.39. The second-order valence-corrected chi connectivity index (χ2v) is 5.93. The van der Waals surface area contributed by atoms with Crippen molar-refractivity contribution < 1.29 is 0 Å². The van der Waals surface area contributed by atoms with E-state index in [2.05, 4.69) is 45.6 Å². The van der Waals surface area contributed by atoms with Gasteiger partial charge < -0.3 is 9.55 Å². The fraction of sp³-hybridized carbons (Fsp3) is 0.438. The number of H-pyrrole nitrogens is 1. The molecule has 0 bridgehead atoms. The number of aromatic amines is 1. The summed E-state index contributed by atoms with van der Waals surface area (Å²) in [6.45, 7) is 5.70. The second kappa shape index (κ2) is 5.94. The molecule has 0 radical (unpaired) electrons. The molecule has 1 saturated heterocycles. The maximum absolute atomic E-state index is 5.45. The first-order chi connectivity index (χ1) is 9.75. The molecule has 1 aromatic carbocycles. The van der Waals surface area contributed by atoms with Gasteiger partial charge in [0, 0.05) is 18.8 Å². The third-order valence-electron chi connectivity index (χ3n) is 4.15. The number of imidazole rings is 1. The van der Waals surface area contributed by atoms with Crippen molar-refractivity contribution in [1.82, 2.24) is 14.5 Å². The van der Waals surface area contributed by atoms with Gasteiger partial charge in [0.15, 0.2) is 4.77 Å². The molecule has 106 valence electrons. The predicted molar refractivity (Wildman–Crippen MR) is 85.3 cm³/mol. The molecular formula is C16H21N3S. The lowest BCUT2D eigenvalue weighted by atomic mass is 10.1. The van der Waals surface area contributed by atoms with E-state index >= 15 is 0 Å². The zero-order valence-corrected chi connectivity index (χ0v) is 12.7. The molecule has 3 nitrogen and oxygen atoms in total. The Kier molecular flexibility index (Phi) is 4.03. The Balaban J connectivity index is 1.86. The Morgan fingerprint density at radius 3 is 2.60 bits per heavy atom. The molecular weight excluding hydrogens is 266 g/mol. The van der Waals surface area contributed by atoms with Crippen LogP contribution in [-0.2, 0) is 6.54 Å². The zero-order valence-electron chi connectivity index (χ0n) is 11.9. The van der Waals surface area contributed by atoms with Crippen LogP contribution in [0.4, 0.5) is 0 Å². The zero-order chi connectivity index (χ0) is 13.9. The number of rotatable bonds is 4. The first-order valence-electron chi connectivity index (χ1n) is 7.33. The molecule has 1 unspecified atom stereocenters. The summed E-state index contributed by atoms with van der Waals surface area (Å²) in [7, 11) is 0. The Morgan fingerprint density at radius 1 is 1.20 bits per heavy atom.